The SMILES string of the molecule is Cc1cc(C(CN)NCC2CCCO2)c(C)s1. The van der Waals surface area contributed by atoms with Gasteiger partial charge < -0.3 is 15.8 Å². The summed E-state index contributed by atoms with van der Waals surface area (Å²) in [4.78, 5) is 2.73. The first-order chi connectivity index (χ1) is 8.20. The van der Waals surface area contributed by atoms with Gasteiger partial charge in [0.25, 0.3) is 0 Å². The lowest BCUT2D eigenvalue weighted by atomic mass is 10.1. The third-order valence-electron chi connectivity index (χ3n) is 3.31. The van der Waals surface area contributed by atoms with Gasteiger partial charge in [-0.3, -0.25) is 0 Å². The molecule has 17 heavy (non-hydrogen) atoms. The maximum atomic E-state index is 5.87. The molecule has 4 heteroatoms. The highest BCUT2D eigenvalue weighted by Gasteiger charge is 2.19. The first-order valence-electron chi connectivity index (χ1n) is 6.32. The van der Waals surface area contributed by atoms with Gasteiger partial charge in [0.15, 0.2) is 0 Å². The van der Waals surface area contributed by atoms with Crippen molar-refractivity contribution in [3.63, 3.8) is 0 Å². The molecule has 3 N–H and O–H groups in total. The van der Waals surface area contributed by atoms with Crippen molar-refractivity contribution in [3.05, 3.63) is 21.4 Å². The predicted octanol–water partition coefficient (Wildman–Crippen LogP) is 2.13. The summed E-state index contributed by atoms with van der Waals surface area (Å²) in [7, 11) is 0. The van der Waals surface area contributed by atoms with Crippen LogP contribution in [0, 0.1) is 13.8 Å². The summed E-state index contributed by atoms with van der Waals surface area (Å²) in [5, 5.41) is 3.54. The average molecular weight is 254 g/mol. The van der Waals surface area contributed by atoms with Gasteiger partial charge in [0.05, 0.1) is 6.10 Å². The Morgan fingerprint density at radius 2 is 2.41 bits per heavy atom. The molecule has 0 amide bonds. The second kappa shape index (κ2) is 5.96. The molecular formula is C13H22N2OS. The highest BCUT2D eigenvalue weighted by atomic mass is 32.1. The zero-order valence-corrected chi connectivity index (χ0v) is 11.5. The molecule has 2 rings (SSSR count). The second-order valence-electron chi connectivity index (χ2n) is 4.70. The minimum atomic E-state index is 0.268. The Hall–Kier alpha value is -0.420. The normalized spacial score (nSPS) is 21.9. The van der Waals surface area contributed by atoms with Gasteiger partial charge in [0.1, 0.15) is 0 Å². The molecule has 0 radical (unpaired) electrons. The second-order valence-corrected chi connectivity index (χ2v) is 6.16. The zero-order valence-electron chi connectivity index (χ0n) is 10.7. The van der Waals surface area contributed by atoms with Crippen molar-refractivity contribution >= 4 is 11.3 Å². The molecule has 0 saturated carbocycles. The van der Waals surface area contributed by atoms with E-state index in [0.717, 1.165) is 13.2 Å². The first kappa shape index (κ1) is 13.0. The molecule has 2 unspecified atom stereocenters. The van der Waals surface area contributed by atoms with E-state index in [-0.39, 0.29) is 6.04 Å². The van der Waals surface area contributed by atoms with Crippen LogP contribution < -0.4 is 11.1 Å². The molecular weight excluding hydrogens is 232 g/mol. The van der Waals surface area contributed by atoms with Gasteiger partial charge in [-0.05, 0) is 38.3 Å². The summed E-state index contributed by atoms with van der Waals surface area (Å²) < 4.78 is 5.62. The molecule has 0 aromatic carbocycles. The number of aryl methyl sites for hydroxylation is 2. The standard InChI is InChI=1S/C13H22N2OS/c1-9-6-12(10(2)17-9)13(7-14)15-8-11-4-3-5-16-11/h6,11,13,15H,3-5,7-8,14H2,1-2H3. The van der Waals surface area contributed by atoms with E-state index in [1.807, 2.05) is 11.3 Å². The fourth-order valence-electron chi connectivity index (χ4n) is 2.40. The number of thiophene rings is 1. The van der Waals surface area contributed by atoms with Crippen LogP contribution in [0.5, 0.6) is 0 Å². The van der Waals surface area contributed by atoms with Crippen LogP contribution in [0.3, 0.4) is 0 Å². The Morgan fingerprint density at radius 1 is 1.59 bits per heavy atom. The van der Waals surface area contributed by atoms with Crippen LogP contribution in [0.25, 0.3) is 0 Å². The first-order valence-corrected chi connectivity index (χ1v) is 7.14. The largest absolute Gasteiger partial charge is 0.377 e. The van der Waals surface area contributed by atoms with Crippen molar-refractivity contribution in [2.24, 2.45) is 5.73 Å². The topological polar surface area (TPSA) is 47.3 Å². The Kier molecular flexibility index (Phi) is 4.56. The summed E-state index contributed by atoms with van der Waals surface area (Å²) in [5.41, 5.74) is 7.22. The van der Waals surface area contributed by atoms with Crippen molar-refractivity contribution in [3.8, 4) is 0 Å². The molecule has 2 heterocycles. The number of nitrogens with two attached hydrogens (primary N) is 1. The highest BCUT2D eigenvalue weighted by Crippen LogP contribution is 2.26. The van der Waals surface area contributed by atoms with E-state index >= 15 is 0 Å². The van der Waals surface area contributed by atoms with E-state index < -0.39 is 0 Å². The van der Waals surface area contributed by atoms with E-state index in [9.17, 15) is 0 Å². The van der Waals surface area contributed by atoms with Crippen LogP contribution in [-0.4, -0.2) is 25.8 Å². The Morgan fingerprint density at radius 3 is 2.94 bits per heavy atom. The van der Waals surface area contributed by atoms with E-state index in [2.05, 4.69) is 25.2 Å². The van der Waals surface area contributed by atoms with E-state index in [1.54, 1.807) is 0 Å². The van der Waals surface area contributed by atoms with Crippen molar-refractivity contribution in [1.82, 2.24) is 5.32 Å². The fourth-order valence-corrected chi connectivity index (χ4v) is 3.38. The predicted molar refractivity (Wildman–Crippen MR) is 72.6 cm³/mol. The molecule has 0 bridgehead atoms. The molecule has 0 spiro atoms. The lowest BCUT2D eigenvalue weighted by molar-refractivity contribution is 0.107. The van der Waals surface area contributed by atoms with E-state index in [0.29, 0.717) is 12.6 Å². The molecule has 1 fully saturated rings. The smallest absolute Gasteiger partial charge is 0.0700 e. The molecule has 1 aromatic rings. The molecule has 2 atom stereocenters. The summed E-state index contributed by atoms with van der Waals surface area (Å²) in [6, 6.07) is 2.52. The molecule has 3 nitrogen and oxygen atoms in total. The van der Waals surface area contributed by atoms with Crippen molar-refractivity contribution in [2.75, 3.05) is 19.7 Å². The van der Waals surface area contributed by atoms with Gasteiger partial charge >= 0.3 is 0 Å². The van der Waals surface area contributed by atoms with Crippen LogP contribution in [0.4, 0.5) is 0 Å². The van der Waals surface area contributed by atoms with Crippen LogP contribution in [0.2, 0.25) is 0 Å². The molecule has 1 saturated heterocycles. The number of ether oxygens (including phenoxy) is 1. The van der Waals surface area contributed by atoms with Crippen LogP contribution in [-0.2, 0) is 4.74 Å². The summed E-state index contributed by atoms with van der Waals surface area (Å²) in [5.74, 6) is 0. The molecule has 1 aromatic heterocycles. The molecule has 0 aliphatic carbocycles. The van der Waals surface area contributed by atoms with Gasteiger partial charge in [-0.2, -0.15) is 0 Å². The molecule has 96 valence electrons. The maximum Gasteiger partial charge on any atom is 0.0700 e. The van der Waals surface area contributed by atoms with Crippen molar-refractivity contribution < 1.29 is 4.74 Å². The quantitative estimate of drug-likeness (QED) is 0.846. The van der Waals surface area contributed by atoms with Gasteiger partial charge in [-0.15, -0.1) is 11.3 Å². The Labute approximate surface area is 107 Å². The maximum absolute atomic E-state index is 5.87. The van der Waals surface area contributed by atoms with Crippen LogP contribution >= 0.6 is 11.3 Å². The molecule has 1 aliphatic rings. The summed E-state index contributed by atoms with van der Waals surface area (Å²) >= 11 is 1.84. The third-order valence-corrected chi connectivity index (χ3v) is 4.29. The van der Waals surface area contributed by atoms with Crippen molar-refractivity contribution in [1.29, 1.82) is 0 Å². The number of rotatable bonds is 5. The molecule has 1 aliphatic heterocycles. The van der Waals surface area contributed by atoms with Crippen molar-refractivity contribution in [2.45, 2.75) is 38.8 Å². The third kappa shape index (κ3) is 3.28. The lowest BCUT2D eigenvalue weighted by Gasteiger charge is -2.19. The number of hydrogen-bond donors (Lipinski definition) is 2. The Balaban J connectivity index is 1.93. The fraction of sp³-hybridized carbons (Fsp3) is 0.692. The van der Waals surface area contributed by atoms with Gasteiger partial charge in [0, 0.05) is 35.5 Å². The van der Waals surface area contributed by atoms with Gasteiger partial charge in [-0.25, -0.2) is 0 Å². The van der Waals surface area contributed by atoms with Gasteiger partial charge in [-0.1, -0.05) is 0 Å². The minimum Gasteiger partial charge on any atom is -0.377 e. The lowest BCUT2D eigenvalue weighted by Crippen LogP contribution is -2.34. The average Bonchev–Trinajstić information content (AvgIpc) is 2.90. The minimum absolute atomic E-state index is 0.268. The van der Waals surface area contributed by atoms with E-state index in [4.69, 9.17) is 10.5 Å². The van der Waals surface area contributed by atoms with Gasteiger partial charge in [0.2, 0.25) is 0 Å². The van der Waals surface area contributed by atoms with E-state index in [1.165, 1.54) is 28.2 Å². The number of hydrogen-bond acceptors (Lipinski definition) is 4. The highest BCUT2D eigenvalue weighted by molar-refractivity contribution is 7.12. The van der Waals surface area contributed by atoms with Crippen LogP contribution in [0.1, 0.15) is 34.2 Å². The zero-order chi connectivity index (χ0) is 12.3. The monoisotopic (exact) mass is 254 g/mol. The van der Waals surface area contributed by atoms with Crippen LogP contribution in [0.15, 0.2) is 6.07 Å². The summed E-state index contributed by atoms with van der Waals surface area (Å²) in [6.45, 7) is 6.79. The Bertz CT molecular complexity index is 358. The number of nitrogens with one attached hydrogen (secondary N) is 1. The summed E-state index contributed by atoms with van der Waals surface area (Å²) in [6.07, 6.45) is 2.74.